The Balaban J connectivity index is 1.30. The third kappa shape index (κ3) is 7.51. The zero-order valence-corrected chi connectivity index (χ0v) is 24.5. The van der Waals surface area contributed by atoms with Gasteiger partial charge in [0.1, 0.15) is 12.3 Å². The highest BCUT2D eigenvalue weighted by atomic mass is 35.5. The molecule has 1 aromatic heterocycles. The summed E-state index contributed by atoms with van der Waals surface area (Å²) >= 11 is 7.48. The monoisotopic (exact) mass is 583 g/mol. The Morgan fingerprint density at radius 1 is 1.07 bits per heavy atom. The van der Waals surface area contributed by atoms with E-state index in [1.54, 1.807) is 36.8 Å². The highest BCUT2D eigenvalue weighted by Crippen LogP contribution is 2.28. The number of para-hydroxylation sites is 2. The van der Waals surface area contributed by atoms with Crippen LogP contribution in [0.15, 0.2) is 53.9 Å². The lowest BCUT2D eigenvalue weighted by Crippen LogP contribution is -2.49. The number of thiazole rings is 1. The number of carbonyl (C=O) groups excluding carboxylic acids is 3. The van der Waals surface area contributed by atoms with Crippen LogP contribution in [0.1, 0.15) is 29.9 Å². The molecule has 2 heterocycles. The number of nitrogens with zero attached hydrogens (tertiary/aromatic N) is 4. The Morgan fingerprint density at radius 2 is 1.77 bits per heavy atom. The fraction of sp³-hybridized carbons (Fsp3) is 0.379. The fourth-order valence-electron chi connectivity index (χ4n) is 4.60. The molecule has 0 radical (unpaired) electrons. The SMILES string of the molecule is COc1ccccc1N1CCN(C(=O)Cc2csc(NC(=O)CN(CC(C)C)C(=O)c3ccccc3Cl)n2)CC1. The van der Waals surface area contributed by atoms with Crippen LogP contribution in [0.2, 0.25) is 5.02 Å². The van der Waals surface area contributed by atoms with Crippen LogP contribution >= 0.6 is 22.9 Å². The number of hydrogen-bond donors (Lipinski definition) is 1. The highest BCUT2D eigenvalue weighted by molar-refractivity contribution is 7.13. The van der Waals surface area contributed by atoms with Gasteiger partial charge in [-0.25, -0.2) is 4.98 Å². The molecule has 40 heavy (non-hydrogen) atoms. The van der Waals surface area contributed by atoms with E-state index in [0.717, 1.165) is 11.4 Å². The molecule has 212 valence electrons. The van der Waals surface area contributed by atoms with Gasteiger partial charge < -0.3 is 24.8 Å². The average molecular weight is 584 g/mol. The lowest BCUT2D eigenvalue weighted by atomic mass is 10.1. The molecule has 0 saturated carbocycles. The van der Waals surface area contributed by atoms with E-state index in [9.17, 15) is 14.4 Å². The molecule has 3 aromatic rings. The quantitative estimate of drug-likeness (QED) is 0.379. The van der Waals surface area contributed by atoms with Gasteiger partial charge >= 0.3 is 0 Å². The molecule has 1 fully saturated rings. The van der Waals surface area contributed by atoms with Crippen LogP contribution in [0.3, 0.4) is 0 Å². The topological polar surface area (TPSA) is 95.1 Å². The van der Waals surface area contributed by atoms with Crippen LogP contribution in [0, 0.1) is 5.92 Å². The molecule has 0 unspecified atom stereocenters. The first-order chi connectivity index (χ1) is 19.2. The first kappa shape index (κ1) is 29.4. The number of hydrogen-bond acceptors (Lipinski definition) is 7. The third-order valence-electron chi connectivity index (χ3n) is 6.50. The first-order valence-corrected chi connectivity index (χ1v) is 14.4. The number of aromatic nitrogens is 1. The summed E-state index contributed by atoms with van der Waals surface area (Å²) < 4.78 is 5.47. The predicted molar refractivity (Wildman–Crippen MR) is 158 cm³/mol. The Labute approximate surface area is 243 Å². The maximum absolute atomic E-state index is 13.1. The van der Waals surface area contributed by atoms with E-state index in [1.807, 2.05) is 43.0 Å². The van der Waals surface area contributed by atoms with Crippen molar-refractivity contribution in [2.45, 2.75) is 20.3 Å². The lowest BCUT2D eigenvalue weighted by molar-refractivity contribution is -0.130. The van der Waals surface area contributed by atoms with E-state index in [0.29, 0.717) is 54.1 Å². The number of amides is 3. The van der Waals surface area contributed by atoms with Crippen LogP contribution in [0.25, 0.3) is 0 Å². The molecule has 1 aliphatic heterocycles. The molecule has 0 atom stereocenters. The van der Waals surface area contributed by atoms with Crippen molar-refractivity contribution in [3.8, 4) is 5.75 Å². The second kappa shape index (κ2) is 13.6. The fourth-order valence-corrected chi connectivity index (χ4v) is 5.54. The molecule has 0 spiro atoms. The smallest absolute Gasteiger partial charge is 0.255 e. The van der Waals surface area contributed by atoms with Crippen molar-refractivity contribution in [2.75, 3.05) is 56.6 Å². The van der Waals surface area contributed by atoms with Crippen LogP contribution in [-0.2, 0) is 16.0 Å². The normalized spacial score (nSPS) is 13.3. The van der Waals surface area contributed by atoms with E-state index in [4.69, 9.17) is 16.3 Å². The number of piperazine rings is 1. The van der Waals surface area contributed by atoms with E-state index < -0.39 is 0 Å². The molecule has 0 aliphatic carbocycles. The van der Waals surface area contributed by atoms with Gasteiger partial charge in [0, 0.05) is 38.1 Å². The number of anilines is 2. The number of benzene rings is 2. The van der Waals surface area contributed by atoms with Gasteiger partial charge in [0.25, 0.3) is 5.91 Å². The second-order valence-electron chi connectivity index (χ2n) is 9.97. The van der Waals surface area contributed by atoms with Crippen molar-refractivity contribution < 1.29 is 19.1 Å². The van der Waals surface area contributed by atoms with Gasteiger partial charge in [0.05, 0.1) is 35.5 Å². The molecule has 3 amide bonds. The van der Waals surface area contributed by atoms with Crippen LogP contribution in [0.4, 0.5) is 10.8 Å². The van der Waals surface area contributed by atoms with Crippen molar-refractivity contribution in [2.24, 2.45) is 5.92 Å². The molecular weight excluding hydrogens is 550 g/mol. The number of carbonyl (C=O) groups is 3. The molecule has 1 aliphatic rings. The third-order valence-corrected chi connectivity index (χ3v) is 7.64. The van der Waals surface area contributed by atoms with Gasteiger partial charge in [0.2, 0.25) is 11.8 Å². The van der Waals surface area contributed by atoms with Crippen LogP contribution < -0.4 is 15.0 Å². The Kier molecular flexibility index (Phi) is 10.0. The van der Waals surface area contributed by atoms with Crippen LogP contribution in [-0.4, -0.2) is 78.9 Å². The van der Waals surface area contributed by atoms with E-state index in [1.165, 1.54) is 16.2 Å². The minimum atomic E-state index is -0.360. The molecule has 4 rings (SSSR count). The first-order valence-electron chi connectivity index (χ1n) is 13.2. The Bertz CT molecular complexity index is 1340. The van der Waals surface area contributed by atoms with Gasteiger partial charge in [0.15, 0.2) is 5.13 Å². The summed E-state index contributed by atoms with van der Waals surface area (Å²) in [4.78, 5) is 48.9. The van der Waals surface area contributed by atoms with E-state index in [2.05, 4.69) is 15.2 Å². The van der Waals surface area contributed by atoms with Gasteiger partial charge in [-0.15, -0.1) is 11.3 Å². The number of methoxy groups -OCH3 is 1. The lowest BCUT2D eigenvalue weighted by Gasteiger charge is -2.36. The summed E-state index contributed by atoms with van der Waals surface area (Å²) in [5.41, 5.74) is 1.98. The standard InChI is InChI=1S/C29H34ClN5O4S/c1-20(2)17-35(28(38)22-8-4-5-9-23(22)30)18-26(36)32-29-31-21(19-40-29)16-27(37)34-14-12-33(13-15-34)24-10-6-7-11-25(24)39-3/h4-11,19-20H,12-18H2,1-3H3,(H,31,32,36). The molecular formula is C29H34ClN5O4S. The minimum absolute atomic E-state index is 0.00343. The summed E-state index contributed by atoms with van der Waals surface area (Å²) in [7, 11) is 1.66. The van der Waals surface area contributed by atoms with Gasteiger partial charge in [-0.2, -0.15) is 0 Å². The highest BCUT2D eigenvalue weighted by Gasteiger charge is 2.25. The largest absolute Gasteiger partial charge is 0.495 e. The van der Waals surface area contributed by atoms with Gasteiger partial charge in [-0.1, -0.05) is 49.7 Å². The average Bonchev–Trinajstić information content (AvgIpc) is 3.38. The van der Waals surface area contributed by atoms with E-state index >= 15 is 0 Å². The molecule has 1 saturated heterocycles. The molecule has 1 N–H and O–H groups in total. The molecule has 11 heteroatoms. The maximum atomic E-state index is 13.1. The summed E-state index contributed by atoms with van der Waals surface area (Å²) in [6, 6.07) is 14.7. The van der Waals surface area contributed by atoms with Crippen molar-refractivity contribution in [3.05, 3.63) is 70.2 Å². The van der Waals surface area contributed by atoms with Crippen molar-refractivity contribution in [1.29, 1.82) is 0 Å². The predicted octanol–water partition coefficient (Wildman–Crippen LogP) is 4.43. The molecule has 9 nitrogen and oxygen atoms in total. The summed E-state index contributed by atoms with van der Waals surface area (Å²) in [6.45, 7) is 6.87. The molecule has 2 aromatic carbocycles. The van der Waals surface area contributed by atoms with Crippen LogP contribution in [0.5, 0.6) is 5.75 Å². The summed E-state index contributed by atoms with van der Waals surface area (Å²) in [6.07, 6.45) is 0.158. The van der Waals surface area contributed by atoms with Crippen molar-refractivity contribution in [3.63, 3.8) is 0 Å². The maximum Gasteiger partial charge on any atom is 0.255 e. The zero-order chi connectivity index (χ0) is 28.6. The Morgan fingerprint density at radius 3 is 2.48 bits per heavy atom. The van der Waals surface area contributed by atoms with E-state index in [-0.39, 0.29) is 36.6 Å². The summed E-state index contributed by atoms with van der Waals surface area (Å²) in [5.74, 6) is 0.316. The molecule has 0 bridgehead atoms. The van der Waals surface area contributed by atoms with Crippen molar-refractivity contribution in [1.82, 2.24) is 14.8 Å². The number of rotatable bonds is 10. The van der Waals surface area contributed by atoms with Gasteiger partial charge in [-0.3, -0.25) is 14.4 Å². The number of halogens is 1. The van der Waals surface area contributed by atoms with Crippen molar-refractivity contribution >= 4 is 51.5 Å². The number of nitrogens with one attached hydrogen (secondary N) is 1. The Hall–Kier alpha value is -3.63. The van der Waals surface area contributed by atoms with Gasteiger partial charge in [-0.05, 0) is 30.2 Å². The second-order valence-corrected chi connectivity index (χ2v) is 11.2. The zero-order valence-electron chi connectivity index (χ0n) is 22.9. The minimum Gasteiger partial charge on any atom is -0.495 e. The number of ether oxygens (including phenoxy) is 1. The summed E-state index contributed by atoms with van der Waals surface area (Å²) in [5, 5.41) is 5.29.